The summed E-state index contributed by atoms with van der Waals surface area (Å²) >= 11 is 0. The first kappa shape index (κ1) is 19.6. The lowest BCUT2D eigenvalue weighted by Crippen LogP contribution is -2.26. The molecule has 0 bridgehead atoms. The number of hydrogen-bond donors (Lipinski definition) is 2. The van der Waals surface area contributed by atoms with Crippen molar-refractivity contribution >= 4 is 24.0 Å². The molecule has 0 aliphatic heterocycles. The lowest BCUT2D eigenvalue weighted by atomic mass is 10.1. The number of anilines is 1. The van der Waals surface area contributed by atoms with E-state index in [1.54, 1.807) is 26.4 Å². The first-order valence-corrected chi connectivity index (χ1v) is 7.40. The molecule has 2 rings (SSSR count). The molecule has 0 atom stereocenters. The summed E-state index contributed by atoms with van der Waals surface area (Å²) in [5, 5.41) is 2.91. The number of aryl methyl sites for hydroxylation is 1. The van der Waals surface area contributed by atoms with E-state index >= 15 is 0 Å². The summed E-state index contributed by atoms with van der Waals surface area (Å²) in [6.07, 6.45) is 0.646. The second-order valence-electron chi connectivity index (χ2n) is 5.26. The molecular weight excluding hydrogens is 328 g/mol. The molecule has 0 fully saturated rings. The molecule has 0 spiro atoms. The average molecular weight is 351 g/mol. The number of nitrogens with one attached hydrogen (secondary N) is 1. The largest absolute Gasteiger partial charge is 0.497 e. The van der Waals surface area contributed by atoms with Crippen LogP contribution in [0.1, 0.15) is 21.5 Å². The maximum Gasteiger partial charge on any atom is 0.251 e. The third kappa shape index (κ3) is 4.80. The summed E-state index contributed by atoms with van der Waals surface area (Å²) < 4.78 is 10.6. The van der Waals surface area contributed by atoms with E-state index in [1.807, 2.05) is 31.2 Å². The molecule has 2 aromatic rings. The molecular formula is C18H23ClN2O3. The summed E-state index contributed by atoms with van der Waals surface area (Å²) in [6.45, 7) is 2.38. The Labute approximate surface area is 148 Å². The van der Waals surface area contributed by atoms with Gasteiger partial charge in [-0.05, 0) is 54.8 Å². The minimum Gasteiger partial charge on any atom is -0.497 e. The van der Waals surface area contributed by atoms with Crippen molar-refractivity contribution in [1.29, 1.82) is 0 Å². The standard InChI is InChI=1S/C18H22N2O3.ClH/c1-12-4-5-14(19)11-16(12)18(21)20-9-8-13-10-15(22-2)6-7-17(13)23-3;/h4-7,10-11H,8-9,19H2,1-3H3,(H,20,21);1H. The van der Waals surface area contributed by atoms with E-state index in [0.29, 0.717) is 24.2 Å². The molecule has 3 N–H and O–H groups in total. The van der Waals surface area contributed by atoms with Crippen LogP contribution in [-0.2, 0) is 6.42 Å². The van der Waals surface area contributed by atoms with Crippen LogP contribution >= 0.6 is 12.4 Å². The maximum absolute atomic E-state index is 12.3. The number of nitrogen functional groups attached to an aromatic ring is 1. The molecule has 0 unspecified atom stereocenters. The van der Waals surface area contributed by atoms with Crippen molar-refractivity contribution in [2.24, 2.45) is 0 Å². The van der Waals surface area contributed by atoms with Gasteiger partial charge >= 0.3 is 0 Å². The van der Waals surface area contributed by atoms with Gasteiger partial charge in [-0.15, -0.1) is 12.4 Å². The quantitative estimate of drug-likeness (QED) is 0.785. The minimum atomic E-state index is -0.128. The molecule has 5 nitrogen and oxygen atoms in total. The number of ether oxygens (including phenoxy) is 2. The molecule has 130 valence electrons. The van der Waals surface area contributed by atoms with Crippen molar-refractivity contribution in [3.8, 4) is 11.5 Å². The highest BCUT2D eigenvalue weighted by molar-refractivity contribution is 5.96. The molecule has 1 amide bonds. The Kier molecular flexibility index (Phi) is 7.39. The topological polar surface area (TPSA) is 73.6 Å². The lowest BCUT2D eigenvalue weighted by molar-refractivity contribution is 0.0953. The number of benzene rings is 2. The van der Waals surface area contributed by atoms with Crippen molar-refractivity contribution in [1.82, 2.24) is 5.32 Å². The Morgan fingerprint density at radius 1 is 1.12 bits per heavy atom. The van der Waals surface area contributed by atoms with Crippen molar-refractivity contribution in [2.75, 3.05) is 26.5 Å². The number of amides is 1. The Morgan fingerprint density at radius 3 is 2.54 bits per heavy atom. The molecule has 0 aliphatic rings. The molecule has 2 aromatic carbocycles. The van der Waals surface area contributed by atoms with E-state index in [4.69, 9.17) is 15.2 Å². The Bertz CT molecular complexity index is 705. The Balaban J connectivity index is 0.00000288. The van der Waals surface area contributed by atoms with Crippen LogP contribution in [0.15, 0.2) is 36.4 Å². The summed E-state index contributed by atoms with van der Waals surface area (Å²) in [5.41, 5.74) is 8.80. The third-order valence-electron chi connectivity index (χ3n) is 3.67. The molecule has 0 saturated carbocycles. The van der Waals surface area contributed by atoms with Gasteiger partial charge in [-0.25, -0.2) is 0 Å². The second kappa shape index (κ2) is 9.03. The van der Waals surface area contributed by atoms with Crippen molar-refractivity contribution in [3.05, 3.63) is 53.1 Å². The van der Waals surface area contributed by atoms with E-state index in [1.165, 1.54) is 0 Å². The number of carbonyl (C=O) groups is 1. The highest BCUT2D eigenvalue weighted by Crippen LogP contribution is 2.24. The van der Waals surface area contributed by atoms with Crippen LogP contribution in [0.5, 0.6) is 11.5 Å². The minimum absolute atomic E-state index is 0. The molecule has 24 heavy (non-hydrogen) atoms. The Hall–Kier alpha value is -2.40. The van der Waals surface area contributed by atoms with E-state index in [9.17, 15) is 4.79 Å². The second-order valence-corrected chi connectivity index (χ2v) is 5.26. The molecule has 0 saturated heterocycles. The maximum atomic E-state index is 12.3. The van der Waals surface area contributed by atoms with E-state index < -0.39 is 0 Å². The van der Waals surface area contributed by atoms with Gasteiger partial charge in [-0.2, -0.15) is 0 Å². The SMILES string of the molecule is COc1ccc(OC)c(CCNC(=O)c2cc(N)ccc2C)c1.Cl. The highest BCUT2D eigenvalue weighted by atomic mass is 35.5. The van der Waals surface area contributed by atoms with E-state index in [-0.39, 0.29) is 18.3 Å². The van der Waals surface area contributed by atoms with Gasteiger partial charge in [0.2, 0.25) is 0 Å². The highest BCUT2D eigenvalue weighted by Gasteiger charge is 2.10. The van der Waals surface area contributed by atoms with Crippen molar-refractivity contribution in [2.45, 2.75) is 13.3 Å². The summed E-state index contributed by atoms with van der Waals surface area (Å²) in [4.78, 5) is 12.3. The molecule has 0 aromatic heterocycles. The fourth-order valence-electron chi connectivity index (χ4n) is 2.37. The van der Waals surface area contributed by atoms with Crippen LogP contribution in [0.3, 0.4) is 0 Å². The van der Waals surface area contributed by atoms with E-state index in [2.05, 4.69) is 5.32 Å². The van der Waals surface area contributed by atoms with Gasteiger partial charge < -0.3 is 20.5 Å². The number of carbonyl (C=O) groups excluding carboxylic acids is 1. The normalized spacial score (nSPS) is 9.79. The van der Waals surface area contributed by atoms with Crippen molar-refractivity contribution in [3.63, 3.8) is 0 Å². The van der Waals surface area contributed by atoms with Crippen LogP contribution in [0.4, 0.5) is 5.69 Å². The van der Waals surface area contributed by atoms with Gasteiger partial charge in [-0.1, -0.05) is 6.07 Å². The zero-order chi connectivity index (χ0) is 16.8. The van der Waals surface area contributed by atoms with Crippen LogP contribution in [0, 0.1) is 6.92 Å². The molecule has 0 radical (unpaired) electrons. The van der Waals surface area contributed by atoms with Crippen LogP contribution in [0.2, 0.25) is 0 Å². The average Bonchev–Trinajstić information content (AvgIpc) is 2.56. The van der Waals surface area contributed by atoms with Gasteiger partial charge in [0, 0.05) is 17.8 Å². The summed E-state index contributed by atoms with van der Waals surface area (Å²) in [7, 11) is 3.25. The van der Waals surface area contributed by atoms with Crippen LogP contribution < -0.4 is 20.5 Å². The van der Waals surface area contributed by atoms with Crippen molar-refractivity contribution < 1.29 is 14.3 Å². The van der Waals surface area contributed by atoms with Crippen LogP contribution in [-0.4, -0.2) is 26.7 Å². The van der Waals surface area contributed by atoms with Gasteiger partial charge in [0.15, 0.2) is 0 Å². The summed E-state index contributed by atoms with van der Waals surface area (Å²) in [6, 6.07) is 10.9. The number of methoxy groups -OCH3 is 2. The molecule has 0 heterocycles. The number of nitrogens with two attached hydrogens (primary N) is 1. The van der Waals surface area contributed by atoms with Gasteiger partial charge in [-0.3, -0.25) is 4.79 Å². The third-order valence-corrected chi connectivity index (χ3v) is 3.67. The predicted octanol–water partition coefficient (Wildman–Crippen LogP) is 2.99. The van der Waals surface area contributed by atoms with E-state index in [0.717, 1.165) is 22.6 Å². The zero-order valence-electron chi connectivity index (χ0n) is 14.1. The monoisotopic (exact) mass is 350 g/mol. The number of halogens is 1. The fourth-order valence-corrected chi connectivity index (χ4v) is 2.37. The van der Waals surface area contributed by atoms with Gasteiger partial charge in [0.25, 0.3) is 5.91 Å². The Morgan fingerprint density at radius 2 is 1.88 bits per heavy atom. The smallest absolute Gasteiger partial charge is 0.251 e. The van der Waals surface area contributed by atoms with Gasteiger partial charge in [0.1, 0.15) is 11.5 Å². The summed E-state index contributed by atoms with van der Waals surface area (Å²) in [5.74, 6) is 1.41. The predicted molar refractivity (Wildman–Crippen MR) is 98.4 cm³/mol. The first-order valence-electron chi connectivity index (χ1n) is 7.40. The zero-order valence-corrected chi connectivity index (χ0v) is 14.9. The van der Waals surface area contributed by atoms with Gasteiger partial charge in [0.05, 0.1) is 14.2 Å². The number of rotatable bonds is 6. The molecule has 0 aliphatic carbocycles. The molecule has 6 heteroatoms. The first-order chi connectivity index (χ1) is 11.0. The number of hydrogen-bond acceptors (Lipinski definition) is 4. The lowest BCUT2D eigenvalue weighted by Gasteiger charge is -2.12. The van der Waals surface area contributed by atoms with Crippen LogP contribution in [0.25, 0.3) is 0 Å². The fraction of sp³-hybridized carbons (Fsp3) is 0.278.